The number of rotatable bonds is 16. The van der Waals surface area contributed by atoms with Crippen molar-refractivity contribution in [3.63, 3.8) is 0 Å². The van der Waals surface area contributed by atoms with Gasteiger partial charge >= 0.3 is 41.8 Å². The molecule has 6 fully saturated rings. The zero-order chi connectivity index (χ0) is 91.4. The number of carbonyl (C=O) groups is 7. The van der Waals surface area contributed by atoms with Crippen LogP contribution in [0.25, 0.3) is 0 Å². The summed E-state index contributed by atoms with van der Waals surface area (Å²) in [5.74, 6) is -7.40. The molecule has 0 amide bonds. The van der Waals surface area contributed by atoms with Crippen LogP contribution in [-0.2, 0) is 99.9 Å². The molecule has 696 valence electrons. The SMILES string of the molecule is C=C1C[C@H](O)C[C@@H]2C[C@H](OC(C)=O)C(C)(C)[C@](O)(C[C@@H]3C[C@@H](C)C[C@H](/C=C/C(C)(C)[C@]4(O)O[C@H](CCO1)C/C(=C\C(=O)OC)[C@@H]4OC(=O)CCCCCCC)O3)O2.CCCCCC#CC(=O)O[C@H]1/C(=C/C(=O)OC)C[C@H]2CCOC(=O)C[C@H](O)C[C@@H]3C[C@H](OC(C)=O)C(C)(C)[C@](O)(C[C@@H]4C[C@@](O)(CO)C[C@H](/C=C/C(C)(C)[C@]1(O)O2)O4)O3.CCO.CCO. The first-order valence-corrected chi connectivity index (χ1v) is 43.6. The number of aliphatic hydroxyl groups is 10. The van der Waals surface area contributed by atoms with Gasteiger partial charge in [0.1, 0.15) is 12.2 Å². The minimum atomic E-state index is -2.40. The molecule has 6 saturated heterocycles. The van der Waals surface area contributed by atoms with E-state index in [-0.39, 0.29) is 128 Å². The van der Waals surface area contributed by atoms with Gasteiger partial charge in [0.15, 0.2) is 23.8 Å². The maximum Gasteiger partial charge on any atom is 0.385 e. The van der Waals surface area contributed by atoms with E-state index in [1.165, 1.54) is 34.1 Å². The lowest BCUT2D eigenvalue weighted by Gasteiger charge is -2.54. The van der Waals surface area contributed by atoms with Crippen molar-refractivity contribution in [3.05, 3.63) is 59.9 Å². The minimum Gasteiger partial charge on any atom is -0.498 e. The quantitative estimate of drug-likeness (QED) is 0.0131. The van der Waals surface area contributed by atoms with E-state index >= 15 is 0 Å². The summed E-state index contributed by atoms with van der Waals surface area (Å²) in [7, 11) is 2.43. The Bertz CT molecular complexity index is 3570. The van der Waals surface area contributed by atoms with Crippen LogP contribution in [0.15, 0.2) is 59.9 Å². The molecule has 8 heterocycles. The van der Waals surface area contributed by atoms with Crippen molar-refractivity contribution in [1.29, 1.82) is 0 Å². The van der Waals surface area contributed by atoms with Gasteiger partial charge in [-0.05, 0) is 69.4 Å². The topological polar surface area (TPSA) is 451 Å². The van der Waals surface area contributed by atoms with E-state index in [4.69, 9.17) is 76.5 Å². The molecule has 10 N–H and O–H groups in total. The van der Waals surface area contributed by atoms with Gasteiger partial charge in [-0.15, -0.1) is 0 Å². The molecule has 20 atom stereocenters. The van der Waals surface area contributed by atoms with Crippen LogP contribution in [0.5, 0.6) is 0 Å². The highest BCUT2D eigenvalue weighted by molar-refractivity contribution is 5.89. The molecule has 8 rings (SSSR count). The molecule has 0 aromatic rings. The molecule has 8 aliphatic heterocycles. The largest absolute Gasteiger partial charge is 0.498 e. The summed E-state index contributed by atoms with van der Waals surface area (Å²) in [4.78, 5) is 89.5. The van der Waals surface area contributed by atoms with Crippen LogP contribution in [-0.4, -0.2) is 254 Å². The molecule has 31 heteroatoms. The maximum absolute atomic E-state index is 13.4. The minimum absolute atomic E-state index is 0.00914. The molecule has 8 aliphatic rings. The van der Waals surface area contributed by atoms with Crippen molar-refractivity contribution in [1.82, 2.24) is 0 Å². The third kappa shape index (κ3) is 30.2. The summed E-state index contributed by atoms with van der Waals surface area (Å²) in [5, 5.41) is 109. The number of hydrogen-bond donors (Lipinski definition) is 10. The van der Waals surface area contributed by atoms with Crippen molar-refractivity contribution >= 4 is 41.8 Å². The van der Waals surface area contributed by atoms with Gasteiger partial charge in [0, 0.05) is 139 Å². The highest BCUT2D eigenvalue weighted by atomic mass is 16.7. The fourth-order valence-electron chi connectivity index (χ4n) is 17.0. The molecule has 0 radical (unpaired) electrons. The third-order valence-electron chi connectivity index (χ3n) is 24.2. The molecule has 0 unspecified atom stereocenters. The highest BCUT2D eigenvalue weighted by Crippen LogP contribution is 2.54. The number of esters is 7. The Morgan fingerprint density at radius 1 is 0.533 bits per heavy atom. The van der Waals surface area contributed by atoms with Crippen molar-refractivity contribution in [3.8, 4) is 11.8 Å². The summed E-state index contributed by atoms with van der Waals surface area (Å²) in [6.45, 7) is 29.6. The Balaban J connectivity index is 0.000000408. The highest BCUT2D eigenvalue weighted by Gasteiger charge is 2.63. The Morgan fingerprint density at radius 3 is 1.48 bits per heavy atom. The zero-order valence-corrected chi connectivity index (χ0v) is 75.3. The molecule has 0 aromatic heterocycles. The van der Waals surface area contributed by atoms with Crippen molar-refractivity contribution in [2.75, 3.05) is 47.3 Å². The molecule has 122 heavy (non-hydrogen) atoms. The number of methoxy groups -OCH3 is 2. The number of aliphatic hydroxyl groups excluding tert-OH is 5. The van der Waals surface area contributed by atoms with Gasteiger partial charge in [0.25, 0.3) is 0 Å². The second kappa shape index (κ2) is 48.0. The van der Waals surface area contributed by atoms with Crippen LogP contribution in [0, 0.1) is 39.4 Å². The van der Waals surface area contributed by atoms with E-state index in [1.54, 1.807) is 73.6 Å². The summed E-state index contributed by atoms with van der Waals surface area (Å²) in [6.07, 6.45) is 5.69. The van der Waals surface area contributed by atoms with Gasteiger partial charge < -0.3 is 117 Å². The average Bonchev–Trinajstić information content (AvgIpc) is 0.758. The van der Waals surface area contributed by atoms with Crippen LogP contribution < -0.4 is 0 Å². The summed E-state index contributed by atoms with van der Waals surface area (Å²) in [6, 6.07) is 0. The Kier molecular flexibility index (Phi) is 41.8. The molecule has 31 nitrogen and oxygen atoms in total. The number of carbonyl (C=O) groups excluding carboxylic acids is 7. The van der Waals surface area contributed by atoms with E-state index in [0.717, 1.165) is 51.0 Å². The number of ether oxygens (including phenoxy) is 14. The van der Waals surface area contributed by atoms with Crippen molar-refractivity contribution in [2.45, 2.75) is 385 Å². The van der Waals surface area contributed by atoms with E-state index in [0.29, 0.717) is 37.0 Å². The Morgan fingerprint density at radius 2 is 0.992 bits per heavy atom. The first-order chi connectivity index (χ1) is 57.1. The van der Waals surface area contributed by atoms with Gasteiger partial charge in [-0.1, -0.05) is 151 Å². The standard InChI is InChI=1S/C44H70O13.C43H64O16.2C2H6O/c1-10-11-12-13-14-15-38(47)55-40-31(24-39(48)51-9)23-34-17-19-52-29(3)22-32(46)25-35-26-37(53-30(4)45)42(7,8)43(49,56-35)27-36-21-28(2)20-33(54-36)16-18-41(5,6)44(40,50)57-34;1-8-9-10-11-12-13-35(47)57-38-28(19-36(48)53-7)18-30-15-17-54-37(49)21-29(46)20-32-22-34(55-27(2)45)40(5,6)42(51,58-32)25-33-24-41(50,26-44)23-31(56-33)14-16-39(3,4)43(38,52)59-30;2*1-2-3/h16,18,24,28,32-37,40,46,49-50H,3,10-15,17,19-23,25-27H2,1-2,4-9H3;14,16,19,29-34,38,44,46,50-52H,8-11,15,17-18,20-26H2,1-7H3;2*3H,2H2,1H3/b18-16+,31-24+;16-14+,28-19+;;/t28-,32-,33-,34+,35+,36-,37-,40-,43-,44+;29-,30-,31+,32-,33+,34+,38+,41-,42+,43-;;/m01../s1. The van der Waals surface area contributed by atoms with Crippen LogP contribution in [0.2, 0.25) is 0 Å². The van der Waals surface area contributed by atoms with Gasteiger partial charge in [-0.2, -0.15) is 0 Å². The summed E-state index contributed by atoms with van der Waals surface area (Å²) < 4.78 is 83.3. The van der Waals surface area contributed by atoms with E-state index < -0.39 is 191 Å². The molecule has 0 saturated carbocycles. The van der Waals surface area contributed by atoms with Gasteiger partial charge in [0.2, 0.25) is 11.6 Å². The number of fused-ring (bicyclic) bond motifs is 12. The molecule has 0 aliphatic carbocycles. The Hall–Kier alpha value is -6.29. The second-order valence-corrected chi connectivity index (χ2v) is 36.0. The fourth-order valence-corrected chi connectivity index (χ4v) is 17.0. The normalized spacial score (nSPS) is 35.8. The lowest BCUT2D eigenvalue weighted by Crippen LogP contribution is -2.63. The summed E-state index contributed by atoms with van der Waals surface area (Å²) >= 11 is 0. The monoisotopic (exact) mass is 1730 g/mol. The summed E-state index contributed by atoms with van der Waals surface area (Å²) in [5.41, 5.74) is -6.16. The predicted octanol–water partition coefficient (Wildman–Crippen LogP) is 9.33. The average molecular weight is 1740 g/mol. The number of cyclic esters (lactones) is 1. The molecule has 0 aromatic carbocycles. The first kappa shape index (κ1) is 106. The third-order valence-corrected chi connectivity index (χ3v) is 24.2. The van der Waals surface area contributed by atoms with Gasteiger partial charge in [0.05, 0.1) is 124 Å². The van der Waals surface area contributed by atoms with E-state index in [1.807, 2.05) is 26.8 Å². The van der Waals surface area contributed by atoms with Crippen LogP contribution in [0.3, 0.4) is 0 Å². The fraction of sp³-hybridized carbons (Fsp3) is 0.791. The van der Waals surface area contributed by atoms with Crippen molar-refractivity contribution < 1.29 is 151 Å². The lowest BCUT2D eigenvalue weighted by molar-refractivity contribution is -0.351. The second-order valence-electron chi connectivity index (χ2n) is 36.0. The maximum atomic E-state index is 13.4. The molecular weight excluding hydrogens is 1590 g/mol. The van der Waals surface area contributed by atoms with Crippen LogP contribution in [0.4, 0.5) is 0 Å². The Labute approximate surface area is 721 Å². The smallest absolute Gasteiger partial charge is 0.385 e. The molecule has 12 bridgehead atoms. The lowest BCUT2D eigenvalue weighted by atomic mass is 9.70. The molecule has 0 spiro atoms. The van der Waals surface area contributed by atoms with Crippen LogP contribution in [0.1, 0.15) is 271 Å². The van der Waals surface area contributed by atoms with E-state index in [2.05, 4.69) is 32.3 Å². The molecular formula is C91H146O31. The van der Waals surface area contributed by atoms with Gasteiger partial charge in [-0.25, -0.2) is 14.4 Å². The first-order valence-electron chi connectivity index (χ1n) is 43.6. The van der Waals surface area contributed by atoms with Crippen LogP contribution >= 0.6 is 0 Å². The van der Waals surface area contributed by atoms with Crippen molar-refractivity contribution in [2.24, 2.45) is 27.6 Å². The van der Waals surface area contributed by atoms with E-state index in [9.17, 15) is 74.4 Å². The number of unbranched alkanes of at least 4 members (excludes halogenated alkanes) is 7. The van der Waals surface area contributed by atoms with Gasteiger partial charge in [-0.3, -0.25) is 19.2 Å². The zero-order valence-electron chi connectivity index (χ0n) is 75.3. The predicted molar refractivity (Wildman–Crippen MR) is 445 cm³/mol. The number of hydrogen-bond acceptors (Lipinski definition) is 31.